The largest absolute Gasteiger partial charge is 0.375 e. The minimum absolute atomic E-state index is 0.154. The van der Waals surface area contributed by atoms with Crippen molar-refractivity contribution in [3.8, 4) is 0 Å². The molecule has 2 bridgehead atoms. The highest BCUT2D eigenvalue weighted by molar-refractivity contribution is 5.75. The smallest absolute Gasteiger partial charge is 0.111 e. The van der Waals surface area contributed by atoms with Crippen molar-refractivity contribution in [3.05, 3.63) is 30.1 Å². The molecular weight excluding hydrogens is 250 g/mol. The summed E-state index contributed by atoms with van der Waals surface area (Å²) in [5, 5.41) is 0. The average molecular weight is 271 g/mol. The monoisotopic (exact) mass is 271 g/mol. The van der Waals surface area contributed by atoms with Gasteiger partial charge in [0.05, 0.1) is 23.2 Å². The van der Waals surface area contributed by atoms with Crippen molar-refractivity contribution in [2.24, 2.45) is 18.7 Å². The van der Waals surface area contributed by atoms with Crippen molar-refractivity contribution in [2.75, 3.05) is 0 Å². The summed E-state index contributed by atoms with van der Waals surface area (Å²) in [4.78, 5) is 4.73. The fourth-order valence-electron chi connectivity index (χ4n) is 3.87. The van der Waals surface area contributed by atoms with Crippen LogP contribution in [0.1, 0.15) is 25.1 Å². The Labute approximate surface area is 118 Å². The number of hydrogen-bond acceptors (Lipinski definition) is 3. The van der Waals surface area contributed by atoms with Gasteiger partial charge in [-0.2, -0.15) is 0 Å². The van der Waals surface area contributed by atoms with Crippen LogP contribution >= 0.6 is 0 Å². The second kappa shape index (κ2) is 4.57. The zero-order valence-corrected chi connectivity index (χ0v) is 11.8. The van der Waals surface area contributed by atoms with E-state index in [0.29, 0.717) is 18.1 Å². The summed E-state index contributed by atoms with van der Waals surface area (Å²) in [6.07, 6.45) is 5.24. The lowest BCUT2D eigenvalue weighted by Gasteiger charge is -2.25. The van der Waals surface area contributed by atoms with Gasteiger partial charge in [-0.25, -0.2) is 4.98 Å². The number of rotatable bonds is 3. The molecule has 2 aromatic rings. The molecule has 2 aliphatic rings. The topological polar surface area (TPSA) is 53.1 Å². The molecule has 106 valence electrons. The minimum Gasteiger partial charge on any atom is -0.375 e. The summed E-state index contributed by atoms with van der Waals surface area (Å²) in [6.45, 7) is 0. The zero-order valence-electron chi connectivity index (χ0n) is 11.8. The fourth-order valence-corrected chi connectivity index (χ4v) is 3.87. The number of nitrogens with two attached hydrogens (primary N) is 1. The Balaban J connectivity index is 1.56. The molecule has 20 heavy (non-hydrogen) atoms. The predicted octanol–water partition coefficient (Wildman–Crippen LogP) is 2.01. The normalized spacial score (nSPS) is 30.2. The molecule has 4 atom stereocenters. The molecule has 2 N–H and O–H groups in total. The Kier molecular flexibility index (Phi) is 2.82. The summed E-state index contributed by atoms with van der Waals surface area (Å²) in [7, 11) is 2.08. The lowest BCUT2D eigenvalue weighted by molar-refractivity contribution is 0.0883. The molecular formula is C16H21N3O. The van der Waals surface area contributed by atoms with E-state index in [9.17, 15) is 0 Å². The minimum atomic E-state index is 0.154. The molecule has 4 unspecified atom stereocenters. The van der Waals surface area contributed by atoms with E-state index >= 15 is 0 Å². The summed E-state index contributed by atoms with van der Waals surface area (Å²) in [6, 6.07) is 8.41. The van der Waals surface area contributed by atoms with Gasteiger partial charge in [0.25, 0.3) is 0 Å². The van der Waals surface area contributed by atoms with Crippen LogP contribution in [-0.4, -0.2) is 27.8 Å². The Bertz CT molecular complexity index is 636. The highest BCUT2D eigenvalue weighted by Gasteiger charge is 2.43. The van der Waals surface area contributed by atoms with Crippen LogP contribution in [0.2, 0.25) is 0 Å². The number of imidazole rings is 1. The highest BCUT2D eigenvalue weighted by atomic mass is 16.5. The number of fused-ring (bicyclic) bond motifs is 3. The summed E-state index contributed by atoms with van der Waals surface area (Å²) >= 11 is 0. The van der Waals surface area contributed by atoms with Crippen LogP contribution < -0.4 is 5.73 Å². The van der Waals surface area contributed by atoms with Gasteiger partial charge in [0.15, 0.2) is 0 Å². The molecule has 2 fully saturated rings. The number of para-hydroxylation sites is 2. The molecule has 4 rings (SSSR count). The number of aromatic nitrogens is 2. The first-order valence-corrected chi connectivity index (χ1v) is 7.54. The van der Waals surface area contributed by atoms with Gasteiger partial charge < -0.3 is 15.0 Å². The molecule has 2 saturated heterocycles. The zero-order chi connectivity index (χ0) is 13.7. The summed E-state index contributed by atoms with van der Waals surface area (Å²) in [5.74, 6) is 1.59. The molecule has 0 aliphatic carbocycles. The van der Waals surface area contributed by atoms with Gasteiger partial charge in [0, 0.05) is 25.4 Å². The molecule has 2 aliphatic heterocycles. The maximum Gasteiger partial charge on any atom is 0.111 e. The third-order valence-corrected chi connectivity index (χ3v) is 5.00. The Morgan fingerprint density at radius 1 is 1.40 bits per heavy atom. The van der Waals surface area contributed by atoms with Gasteiger partial charge in [0.2, 0.25) is 0 Å². The lowest BCUT2D eigenvalue weighted by Crippen LogP contribution is -2.38. The van der Waals surface area contributed by atoms with E-state index in [4.69, 9.17) is 15.5 Å². The number of nitrogens with zero attached hydrogens (tertiary/aromatic N) is 2. The fraction of sp³-hybridized carbons (Fsp3) is 0.562. The lowest BCUT2D eigenvalue weighted by atomic mass is 9.83. The molecule has 1 aromatic heterocycles. The predicted molar refractivity (Wildman–Crippen MR) is 78.4 cm³/mol. The van der Waals surface area contributed by atoms with E-state index in [0.717, 1.165) is 24.2 Å². The second-order valence-electron chi connectivity index (χ2n) is 6.22. The van der Waals surface area contributed by atoms with Gasteiger partial charge >= 0.3 is 0 Å². The van der Waals surface area contributed by atoms with Crippen LogP contribution in [0.15, 0.2) is 24.3 Å². The standard InChI is InChI=1S/C16H21N3O/c1-19-14-5-3-2-4-13(14)18-16(19)9-12(17)11-8-10-6-7-15(11)20-10/h2-5,10-12,15H,6-9,17H2,1H3. The van der Waals surface area contributed by atoms with Crippen LogP contribution in [0.5, 0.6) is 0 Å². The van der Waals surface area contributed by atoms with Gasteiger partial charge in [-0.15, -0.1) is 0 Å². The Hall–Kier alpha value is -1.39. The molecule has 4 nitrogen and oxygen atoms in total. The van der Waals surface area contributed by atoms with E-state index in [1.54, 1.807) is 0 Å². The van der Waals surface area contributed by atoms with Gasteiger partial charge in [-0.3, -0.25) is 0 Å². The number of ether oxygens (including phenoxy) is 1. The molecule has 0 spiro atoms. The van der Waals surface area contributed by atoms with Crippen molar-refractivity contribution < 1.29 is 4.74 Å². The third-order valence-electron chi connectivity index (χ3n) is 5.00. The maximum atomic E-state index is 6.45. The first-order chi connectivity index (χ1) is 9.72. The molecule has 4 heteroatoms. The first kappa shape index (κ1) is 12.4. The van der Waals surface area contributed by atoms with E-state index in [1.807, 2.05) is 6.07 Å². The van der Waals surface area contributed by atoms with Crippen LogP contribution in [0.4, 0.5) is 0 Å². The Morgan fingerprint density at radius 2 is 2.25 bits per heavy atom. The maximum absolute atomic E-state index is 6.45. The number of hydrogen-bond donors (Lipinski definition) is 1. The second-order valence-corrected chi connectivity index (χ2v) is 6.22. The molecule has 1 aromatic carbocycles. The molecule has 3 heterocycles. The molecule has 0 radical (unpaired) electrons. The van der Waals surface area contributed by atoms with Gasteiger partial charge in [0.1, 0.15) is 5.82 Å². The van der Waals surface area contributed by atoms with Crippen LogP contribution in [0.3, 0.4) is 0 Å². The van der Waals surface area contributed by atoms with Crippen molar-refractivity contribution >= 4 is 11.0 Å². The highest BCUT2D eigenvalue weighted by Crippen LogP contribution is 2.40. The van der Waals surface area contributed by atoms with Crippen LogP contribution in [0.25, 0.3) is 11.0 Å². The average Bonchev–Trinajstić information content (AvgIpc) is 3.15. The van der Waals surface area contributed by atoms with Crippen molar-refractivity contribution in [1.82, 2.24) is 9.55 Å². The van der Waals surface area contributed by atoms with Gasteiger partial charge in [-0.05, 0) is 31.4 Å². The summed E-state index contributed by atoms with van der Waals surface area (Å²) in [5.41, 5.74) is 8.69. The van der Waals surface area contributed by atoms with Crippen LogP contribution in [0, 0.1) is 5.92 Å². The quantitative estimate of drug-likeness (QED) is 0.929. The first-order valence-electron chi connectivity index (χ1n) is 7.54. The van der Waals surface area contributed by atoms with Crippen molar-refractivity contribution in [3.63, 3.8) is 0 Å². The van der Waals surface area contributed by atoms with Gasteiger partial charge in [-0.1, -0.05) is 12.1 Å². The molecule has 0 saturated carbocycles. The Morgan fingerprint density at radius 3 is 2.95 bits per heavy atom. The van der Waals surface area contributed by atoms with E-state index in [-0.39, 0.29) is 6.04 Å². The number of benzene rings is 1. The van der Waals surface area contributed by atoms with E-state index in [1.165, 1.54) is 18.4 Å². The van der Waals surface area contributed by atoms with Crippen molar-refractivity contribution in [1.29, 1.82) is 0 Å². The summed E-state index contributed by atoms with van der Waals surface area (Å²) < 4.78 is 8.10. The third kappa shape index (κ3) is 1.86. The van der Waals surface area contributed by atoms with Crippen molar-refractivity contribution in [2.45, 2.75) is 43.9 Å². The van der Waals surface area contributed by atoms with Crippen LogP contribution in [-0.2, 0) is 18.2 Å². The number of aryl methyl sites for hydroxylation is 1. The van der Waals surface area contributed by atoms with E-state index < -0.39 is 0 Å². The SMILES string of the molecule is Cn1c(CC(N)C2CC3CCC2O3)nc2ccccc21. The van der Waals surface area contributed by atoms with E-state index in [2.05, 4.69) is 29.8 Å². The molecule has 0 amide bonds.